The molecule has 1 aromatic carbocycles. The third kappa shape index (κ3) is 4.37. The van der Waals surface area contributed by atoms with E-state index >= 15 is 0 Å². The number of nitrogens with one attached hydrogen (secondary N) is 3. The maximum Gasteiger partial charge on any atom is 0.279 e. The molecule has 0 spiro atoms. The van der Waals surface area contributed by atoms with Crippen molar-refractivity contribution >= 4 is 46.7 Å². The standard InChI is InChI=1S/C19H14FN5O2S3/c20-12-5-3-11(4-6-12)13-7-8-15(30-13)18(27)23-21-16(26)10-25-17(22-24-19(25)28)14-2-1-9-29-14/h1-9H,10H2,(H,21,26)(H,23,27)(H,24,28). The van der Waals surface area contributed by atoms with Crippen molar-refractivity contribution in [3.05, 3.63) is 69.4 Å². The highest BCUT2D eigenvalue weighted by Crippen LogP contribution is 2.28. The lowest BCUT2D eigenvalue weighted by Gasteiger charge is -2.08. The molecule has 0 saturated heterocycles. The zero-order valence-electron chi connectivity index (χ0n) is 15.2. The van der Waals surface area contributed by atoms with Crippen LogP contribution < -0.4 is 10.9 Å². The molecule has 3 aromatic heterocycles. The molecule has 3 N–H and O–H groups in total. The molecule has 2 amide bonds. The lowest BCUT2D eigenvalue weighted by molar-refractivity contribution is -0.122. The number of hydrogen-bond donors (Lipinski definition) is 3. The lowest BCUT2D eigenvalue weighted by atomic mass is 10.2. The van der Waals surface area contributed by atoms with Gasteiger partial charge in [-0.2, -0.15) is 5.10 Å². The Kier molecular flexibility index (Phi) is 5.84. The summed E-state index contributed by atoms with van der Waals surface area (Å²) in [6, 6.07) is 13.2. The summed E-state index contributed by atoms with van der Waals surface area (Å²) in [5.41, 5.74) is 5.59. The van der Waals surface area contributed by atoms with E-state index in [0.29, 0.717) is 15.5 Å². The van der Waals surface area contributed by atoms with E-state index < -0.39 is 11.8 Å². The van der Waals surface area contributed by atoms with Crippen LogP contribution in [0.5, 0.6) is 0 Å². The van der Waals surface area contributed by atoms with Crippen molar-refractivity contribution in [1.29, 1.82) is 0 Å². The summed E-state index contributed by atoms with van der Waals surface area (Å²) in [7, 11) is 0. The van der Waals surface area contributed by atoms with Crippen molar-refractivity contribution in [1.82, 2.24) is 25.6 Å². The van der Waals surface area contributed by atoms with Crippen molar-refractivity contribution in [2.45, 2.75) is 6.54 Å². The molecule has 0 radical (unpaired) electrons. The van der Waals surface area contributed by atoms with Crippen molar-refractivity contribution in [2.75, 3.05) is 0 Å². The Hall–Kier alpha value is -3.15. The van der Waals surface area contributed by atoms with Gasteiger partial charge in [0.15, 0.2) is 10.6 Å². The van der Waals surface area contributed by atoms with Gasteiger partial charge in [-0.3, -0.25) is 30.1 Å². The van der Waals surface area contributed by atoms with Gasteiger partial charge in [-0.1, -0.05) is 18.2 Å². The highest BCUT2D eigenvalue weighted by molar-refractivity contribution is 7.71. The molecule has 0 saturated carbocycles. The summed E-state index contributed by atoms with van der Waals surface area (Å²) < 4.78 is 14.9. The van der Waals surface area contributed by atoms with E-state index in [9.17, 15) is 14.0 Å². The van der Waals surface area contributed by atoms with E-state index in [1.54, 1.807) is 28.8 Å². The van der Waals surface area contributed by atoms with Crippen LogP contribution in [0.1, 0.15) is 9.67 Å². The minimum Gasteiger partial charge on any atom is -0.290 e. The zero-order chi connectivity index (χ0) is 21.1. The number of carbonyl (C=O) groups excluding carboxylic acids is 2. The van der Waals surface area contributed by atoms with E-state index in [1.807, 2.05) is 17.5 Å². The van der Waals surface area contributed by atoms with Gasteiger partial charge in [0.2, 0.25) is 0 Å². The Labute approximate surface area is 183 Å². The van der Waals surface area contributed by atoms with Crippen LogP contribution in [0.25, 0.3) is 21.1 Å². The molecule has 0 aliphatic carbocycles. The maximum atomic E-state index is 13.1. The van der Waals surface area contributed by atoms with Gasteiger partial charge in [0.25, 0.3) is 11.8 Å². The molecule has 0 bridgehead atoms. The van der Waals surface area contributed by atoms with Crippen molar-refractivity contribution in [3.8, 4) is 21.1 Å². The number of benzene rings is 1. The molecule has 30 heavy (non-hydrogen) atoms. The molecule has 0 fully saturated rings. The fourth-order valence-corrected chi connectivity index (χ4v) is 4.48. The second-order valence-electron chi connectivity index (χ2n) is 6.09. The first kappa shape index (κ1) is 20.1. The number of hydrazine groups is 1. The zero-order valence-corrected chi connectivity index (χ0v) is 17.7. The van der Waals surface area contributed by atoms with Crippen molar-refractivity contribution in [3.63, 3.8) is 0 Å². The summed E-state index contributed by atoms with van der Waals surface area (Å²) in [5.74, 6) is -0.667. The number of halogens is 1. The maximum absolute atomic E-state index is 13.1. The summed E-state index contributed by atoms with van der Waals surface area (Å²) in [4.78, 5) is 26.8. The van der Waals surface area contributed by atoms with Crippen molar-refractivity contribution in [2.24, 2.45) is 0 Å². The first-order chi connectivity index (χ1) is 14.5. The highest BCUT2D eigenvalue weighted by atomic mass is 32.1. The first-order valence-corrected chi connectivity index (χ1v) is 10.8. The number of amides is 2. The molecule has 3 heterocycles. The summed E-state index contributed by atoms with van der Waals surface area (Å²) in [6.07, 6.45) is 0. The molecular weight excluding hydrogens is 445 g/mol. The smallest absolute Gasteiger partial charge is 0.279 e. The average Bonchev–Trinajstić information content (AvgIpc) is 3.49. The minimum atomic E-state index is -0.450. The Morgan fingerprint density at radius 2 is 1.90 bits per heavy atom. The van der Waals surface area contributed by atoms with Gasteiger partial charge in [0, 0.05) is 4.88 Å². The number of nitrogens with zero attached hydrogens (tertiary/aromatic N) is 2. The van der Waals surface area contributed by atoms with Gasteiger partial charge >= 0.3 is 0 Å². The molecule has 4 aromatic rings. The normalized spacial score (nSPS) is 10.7. The predicted molar refractivity (Wildman–Crippen MR) is 116 cm³/mol. The molecule has 152 valence electrons. The number of aromatic nitrogens is 3. The monoisotopic (exact) mass is 459 g/mol. The van der Waals surface area contributed by atoms with Crippen LogP contribution >= 0.6 is 34.9 Å². The van der Waals surface area contributed by atoms with Gasteiger partial charge < -0.3 is 0 Å². The molecule has 0 aliphatic heterocycles. The lowest BCUT2D eigenvalue weighted by Crippen LogP contribution is -2.43. The van der Waals surface area contributed by atoms with Crippen LogP contribution in [0, 0.1) is 10.6 Å². The van der Waals surface area contributed by atoms with Crippen molar-refractivity contribution < 1.29 is 14.0 Å². The number of hydrogen-bond acceptors (Lipinski definition) is 6. The van der Waals surface area contributed by atoms with Crippen LogP contribution in [0.15, 0.2) is 53.9 Å². The third-order valence-corrected chi connectivity index (χ3v) is 6.39. The Balaban J connectivity index is 1.38. The van der Waals surface area contributed by atoms with Crippen LogP contribution in [-0.2, 0) is 11.3 Å². The Morgan fingerprint density at radius 3 is 2.63 bits per heavy atom. The summed E-state index contributed by atoms with van der Waals surface area (Å²) >= 11 is 7.91. The Morgan fingerprint density at radius 1 is 1.10 bits per heavy atom. The van der Waals surface area contributed by atoms with Gasteiger partial charge in [-0.25, -0.2) is 4.39 Å². The molecule has 0 atom stereocenters. The number of aromatic amines is 1. The van der Waals surface area contributed by atoms with E-state index in [1.165, 1.54) is 34.8 Å². The second-order valence-corrected chi connectivity index (χ2v) is 8.51. The predicted octanol–water partition coefficient (Wildman–Crippen LogP) is 4.00. The molecular formula is C19H14FN5O2S3. The van der Waals surface area contributed by atoms with Gasteiger partial charge in [-0.15, -0.1) is 22.7 Å². The quantitative estimate of drug-likeness (QED) is 0.311. The molecule has 4 rings (SSSR count). The van der Waals surface area contributed by atoms with Gasteiger partial charge in [-0.05, 0) is 53.5 Å². The summed E-state index contributed by atoms with van der Waals surface area (Å²) in [6.45, 7) is -0.103. The van der Waals surface area contributed by atoms with Gasteiger partial charge in [0.1, 0.15) is 12.4 Å². The number of thiophene rings is 2. The second kappa shape index (κ2) is 8.69. The fraction of sp³-hybridized carbons (Fsp3) is 0.0526. The van der Waals surface area contributed by atoms with E-state index in [-0.39, 0.29) is 12.4 Å². The third-order valence-electron chi connectivity index (χ3n) is 4.08. The minimum absolute atomic E-state index is 0.103. The highest BCUT2D eigenvalue weighted by Gasteiger charge is 2.15. The van der Waals surface area contributed by atoms with Crippen LogP contribution in [0.3, 0.4) is 0 Å². The van der Waals surface area contributed by atoms with E-state index in [2.05, 4.69) is 21.0 Å². The number of rotatable bonds is 5. The van der Waals surface area contributed by atoms with Gasteiger partial charge in [0.05, 0.1) is 9.75 Å². The summed E-state index contributed by atoms with van der Waals surface area (Å²) in [5, 5.41) is 8.74. The molecule has 7 nitrogen and oxygen atoms in total. The topological polar surface area (TPSA) is 91.8 Å². The average molecular weight is 460 g/mol. The Bertz CT molecular complexity index is 1240. The molecule has 0 unspecified atom stereocenters. The molecule has 11 heteroatoms. The first-order valence-electron chi connectivity index (χ1n) is 8.65. The fourth-order valence-electron chi connectivity index (χ4n) is 2.66. The molecule has 0 aliphatic rings. The van der Waals surface area contributed by atoms with E-state index in [4.69, 9.17) is 12.2 Å². The number of H-pyrrole nitrogens is 1. The van der Waals surface area contributed by atoms with Crippen LogP contribution in [0.4, 0.5) is 4.39 Å². The largest absolute Gasteiger partial charge is 0.290 e. The SMILES string of the molecule is O=C(Cn1c(-c2cccs2)n[nH]c1=S)NNC(=O)c1ccc(-c2ccc(F)cc2)s1. The number of carbonyl (C=O) groups is 2. The van der Waals surface area contributed by atoms with Crippen LogP contribution in [-0.4, -0.2) is 26.6 Å². The van der Waals surface area contributed by atoms with Crippen LogP contribution in [0.2, 0.25) is 0 Å². The van der Waals surface area contributed by atoms with E-state index in [0.717, 1.165) is 15.3 Å².